The van der Waals surface area contributed by atoms with Gasteiger partial charge in [-0.05, 0) is 25.0 Å². The maximum absolute atomic E-state index is 5.60. The van der Waals surface area contributed by atoms with Gasteiger partial charge in [0.15, 0.2) is 5.13 Å². The zero-order chi connectivity index (χ0) is 13.9. The first-order chi connectivity index (χ1) is 9.81. The van der Waals surface area contributed by atoms with E-state index in [0.29, 0.717) is 6.10 Å². The number of nitrogens with one attached hydrogen (secondary N) is 1. The summed E-state index contributed by atoms with van der Waals surface area (Å²) in [5, 5.41) is 4.22. The molecule has 0 radical (unpaired) electrons. The molecule has 6 heteroatoms. The summed E-state index contributed by atoms with van der Waals surface area (Å²) in [6.45, 7) is 1.66. The van der Waals surface area contributed by atoms with Crippen LogP contribution in [0.15, 0.2) is 12.1 Å². The van der Waals surface area contributed by atoms with Gasteiger partial charge in [-0.1, -0.05) is 11.3 Å². The molecule has 0 unspecified atom stereocenters. The Balaban J connectivity index is 1.84. The van der Waals surface area contributed by atoms with Gasteiger partial charge in [0.25, 0.3) is 0 Å². The second-order valence-electron chi connectivity index (χ2n) is 4.68. The molecule has 0 saturated carbocycles. The highest BCUT2D eigenvalue weighted by molar-refractivity contribution is 7.22. The van der Waals surface area contributed by atoms with Gasteiger partial charge in [-0.25, -0.2) is 4.98 Å². The quantitative estimate of drug-likeness (QED) is 0.919. The maximum atomic E-state index is 5.60. The molecular weight excluding hydrogens is 276 g/mol. The monoisotopic (exact) mass is 294 g/mol. The number of thiazole rings is 1. The van der Waals surface area contributed by atoms with E-state index in [1.165, 1.54) is 0 Å². The van der Waals surface area contributed by atoms with Crippen LogP contribution in [-0.4, -0.2) is 38.5 Å². The van der Waals surface area contributed by atoms with Crippen molar-refractivity contribution in [1.29, 1.82) is 0 Å². The molecule has 0 spiro atoms. The van der Waals surface area contributed by atoms with Gasteiger partial charge < -0.3 is 19.5 Å². The molecule has 1 aromatic heterocycles. The SMILES string of the molecule is COc1ccc(OC)c2sc(NC[C@H]3CCCO3)nc12. The van der Waals surface area contributed by atoms with Crippen molar-refractivity contribution in [3.8, 4) is 11.5 Å². The summed E-state index contributed by atoms with van der Waals surface area (Å²) in [7, 11) is 3.32. The summed E-state index contributed by atoms with van der Waals surface area (Å²) in [5.74, 6) is 1.59. The number of methoxy groups -OCH3 is 2. The number of nitrogens with zero attached hydrogens (tertiary/aromatic N) is 1. The molecule has 1 N–H and O–H groups in total. The van der Waals surface area contributed by atoms with Gasteiger partial charge in [0.2, 0.25) is 0 Å². The van der Waals surface area contributed by atoms with Crippen molar-refractivity contribution >= 4 is 26.7 Å². The number of ether oxygens (including phenoxy) is 3. The van der Waals surface area contributed by atoms with Gasteiger partial charge >= 0.3 is 0 Å². The van der Waals surface area contributed by atoms with Crippen molar-refractivity contribution in [2.75, 3.05) is 32.7 Å². The molecule has 3 rings (SSSR count). The van der Waals surface area contributed by atoms with Gasteiger partial charge in [-0.2, -0.15) is 0 Å². The zero-order valence-corrected chi connectivity index (χ0v) is 12.5. The Bertz CT molecular complexity index is 552. The maximum Gasteiger partial charge on any atom is 0.184 e. The fourth-order valence-electron chi connectivity index (χ4n) is 2.37. The van der Waals surface area contributed by atoms with E-state index >= 15 is 0 Å². The third kappa shape index (κ3) is 2.53. The van der Waals surface area contributed by atoms with E-state index in [1.807, 2.05) is 12.1 Å². The van der Waals surface area contributed by atoms with E-state index < -0.39 is 0 Å². The molecule has 20 heavy (non-hydrogen) atoms. The Morgan fingerprint density at radius 3 is 2.85 bits per heavy atom. The van der Waals surface area contributed by atoms with Crippen LogP contribution in [0, 0.1) is 0 Å². The lowest BCUT2D eigenvalue weighted by Crippen LogP contribution is -2.18. The van der Waals surface area contributed by atoms with E-state index in [2.05, 4.69) is 10.3 Å². The zero-order valence-electron chi connectivity index (χ0n) is 11.6. The molecule has 0 aliphatic carbocycles. The molecule has 0 amide bonds. The predicted molar refractivity (Wildman–Crippen MR) is 80.2 cm³/mol. The van der Waals surface area contributed by atoms with Crippen LogP contribution in [0.5, 0.6) is 11.5 Å². The molecular formula is C14H18N2O3S. The van der Waals surface area contributed by atoms with Crippen molar-refractivity contribution in [2.45, 2.75) is 18.9 Å². The summed E-state index contributed by atoms with van der Waals surface area (Å²) in [4.78, 5) is 4.60. The largest absolute Gasteiger partial charge is 0.495 e. The lowest BCUT2D eigenvalue weighted by molar-refractivity contribution is 0.120. The molecule has 1 atom stereocenters. The highest BCUT2D eigenvalue weighted by atomic mass is 32.1. The molecule has 1 aromatic carbocycles. The molecule has 1 aliphatic heterocycles. The van der Waals surface area contributed by atoms with Crippen molar-refractivity contribution in [3.05, 3.63) is 12.1 Å². The summed E-state index contributed by atoms with van der Waals surface area (Å²) in [6.07, 6.45) is 2.56. The van der Waals surface area contributed by atoms with Crippen LogP contribution in [0.2, 0.25) is 0 Å². The summed E-state index contributed by atoms with van der Waals surface area (Å²) in [5.41, 5.74) is 0.840. The van der Waals surface area contributed by atoms with E-state index in [4.69, 9.17) is 14.2 Å². The Morgan fingerprint density at radius 2 is 2.15 bits per heavy atom. The molecule has 1 aliphatic rings. The lowest BCUT2D eigenvalue weighted by atomic mass is 10.2. The Labute approximate surface area is 121 Å². The Hall–Kier alpha value is -1.53. The van der Waals surface area contributed by atoms with Crippen molar-refractivity contribution in [2.24, 2.45) is 0 Å². The van der Waals surface area contributed by atoms with E-state index in [0.717, 1.165) is 52.8 Å². The normalized spacial score (nSPS) is 18.4. The average Bonchev–Trinajstić information content (AvgIpc) is 3.12. The number of aromatic nitrogens is 1. The molecule has 2 aromatic rings. The molecule has 1 fully saturated rings. The standard InChI is InChI=1S/C14H18N2O3S/c1-17-10-5-6-11(18-2)13-12(10)16-14(20-13)15-8-9-4-3-7-19-9/h5-6,9H,3-4,7-8H2,1-2H3,(H,15,16)/t9-/m1/s1. The first-order valence-corrected chi connectivity index (χ1v) is 7.50. The molecule has 5 nitrogen and oxygen atoms in total. The van der Waals surface area contributed by atoms with Gasteiger partial charge in [-0.15, -0.1) is 0 Å². The third-order valence-electron chi connectivity index (χ3n) is 3.42. The van der Waals surface area contributed by atoms with Crippen molar-refractivity contribution in [1.82, 2.24) is 4.98 Å². The first kappa shape index (κ1) is 13.5. The van der Waals surface area contributed by atoms with Gasteiger partial charge in [-0.3, -0.25) is 0 Å². The molecule has 2 heterocycles. The molecule has 108 valence electrons. The van der Waals surface area contributed by atoms with Gasteiger partial charge in [0.1, 0.15) is 21.7 Å². The van der Waals surface area contributed by atoms with Crippen LogP contribution in [-0.2, 0) is 4.74 Å². The van der Waals surface area contributed by atoms with Crippen molar-refractivity contribution < 1.29 is 14.2 Å². The second kappa shape index (κ2) is 5.85. The lowest BCUT2D eigenvalue weighted by Gasteiger charge is -2.08. The van der Waals surface area contributed by atoms with E-state index in [-0.39, 0.29) is 0 Å². The Morgan fingerprint density at radius 1 is 1.35 bits per heavy atom. The van der Waals surface area contributed by atoms with Crippen LogP contribution in [0.3, 0.4) is 0 Å². The van der Waals surface area contributed by atoms with E-state index in [1.54, 1.807) is 25.6 Å². The predicted octanol–water partition coefficient (Wildman–Crippen LogP) is 2.90. The number of hydrogen-bond acceptors (Lipinski definition) is 6. The summed E-state index contributed by atoms with van der Waals surface area (Å²) < 4.78 is 17.3. The smallest absolute Gasteiger partial charge is 0.184 e. The molecule has 0 bridgehead atoms. The number of hydrogen-bond donors (Lipinski definition) is 1. The third-order valence-corrected chi connectivity index (χ3v) is 4.44. The van der Waals surface area contributed by atoms with Crippen LogP contribution >= 0.6 is 11.3 Å². The second-order valence-corrected chi connectivity index (χ2v) is 5.68. The number of fused-ring (bicyclic) bond motifs is 1. The van der Waals surface area contributed by atoms with Crippen LogP contribution in [0.1, 0.15) is 12.8 Å². The first-order valence-electron chi connectivity index (χ1n) is 6.69. The number of benzene rings is 1. The van der Waals surface area contributed by atoms with Gasteiger partial charge in [0, 0.05) is 13.2 Å². The fraction of sp³-hybridized carbons (Fsp3) is 0.500. The van der Waals surface area contributed by atoms with Crippen LogP contribution < -0.4 is 14.8 Å². The van der Waals surface area contributed by atoms with Crippen molar-refractivity contribution in [3.63, 3.8) is 0 Å². The topological polar surface area (TPSA) is 52.6 Å². The fourth-order valence-corrected chi connectivity index (χ4v) is 3.35. The number of anilines is 1. The van der Waals surface area contributed by atoms with Crippen LogP contribution in [0.4, 0.5) is 5.13 Å². The molecule has 1 saturated heterocycles. The van der Waals surface area contributed by atoms with Crippen LogP contribution in [0.25, 0.3) is 10.2 Å². The summed E-state index contributed by atoms with van der Waals surface area (Å²) in [6, 6.07) is 3.79. The van der Waals surface area contributed by atoms with E-state index in [9.17, 15) is 0 Å². The van der Waals surface area contributed by atoms with Gasteiger partial charge in [0.05, 0.1) is 20.3 Å². The minimum atomic E-state index is 0.297. The highest BCUT2D eigenvalue weighted by Gasteiger charge is 2.17. The highest BCUT2D eigenvalue weighted by Crippen LogP contribution is 2.38. The average molecular weight is 294 g/mol. The Kier molecular flexibility index (Phi) is 3.93. The number of rotatable bonds is 5. The minimum Gasteiger partial charge on any atom is -0.495 e. The minimum absolute atomic E-state index is 0.297. The summed E-state index contributed by atoms with van der Waals surface area (Å²) >= 11 is 1.58.